The van der Waals surface area contributed by atoms with Crippen molar-refractivity contribution in [2.45, 2.75) is 27.7 Å². The van der Waals surface area contributed by atoms with E-state index in [1.54, 1.807) is 0 Å². The fourth-order valence-corrected chi connectivity index (χ4v) is 0.907. The molecular weight excluding hydrogens is 162 g/mol. The molecule has 74 valence electrons. The summed E-state index contributed by atoms with van der Waals surface area (Å²) in [6.45, 7) is 7.95. The third kappa shape index (κ3) is 3.87. The largest absolute Gasteiger partial charge is 0.347 e. The number of aryl methyl sites for hydroxylation is 2. The zero-order valence-electron chi connectivity index (χ0n) is 9.42. The van der Waals surface area contributed by atoms with Crippen molar-refractivity contribution in [3.05, 3.63) is 17.5 Å². The van der Waals surface area contributed by atoms with E-state index in [4.69, 9.17) is 0 Å². The van der Waals surface area contributed by atoms with Crippen LogP contribution in [0.25, 0.3) is 0 Å². The normalized spacial score (nSPS) is 8.77. The predicted octanol–water partition coefficient (Wildman–Crippen LogP) is 2.19. The molecule has 0 atom stereocenters. The second-order valence-electron chi connectivity index (χ2n) is 2.85. The first-order chi connectivity index (χ1) is 6.09. The highest BCUT2D eigenvalue weighted by atomic mass is 15.2. The van der Waals surface area contributed by atoms with Crippen molar-refractivity contribution >= 4 is 5.95 Å². The number of hydrogen-bond donors (Lipinski definition) is 0. The quantitative estimate of drug-likeness (QED) is 0.665. The summed E-state index contributed by atoms with van der Waals surface area (Å²) in [6, 6.07) is 1.97. The van der Waals surface area contributed by atoms with Gasteiger partial charge < -0.3 is 4.90 Å². The zero-order valence-corrected chi connectivity index (χ0v) is 9.42. The Hall–Kier alpha value is -1.12. The fourth-order valence-electron chi connectivity index (χ4n) is 0.907. The summed E-state index contributed by atoms with van der Waals surface area (Å²) in [4.78, 5) is 10.4. The minimum Gasteiger partial charge on any atom is -0.347 e. The van der Waals surface area contributed by atoms with Gasteiger partial charge in [-0.1, -0.05) is 13.8 Å². The molecule has 0 radical (unpaired) electrons. The molecule has 1 rings (SSSR count). The molecule has 0 saturated carbocycles. The Labute approximate surface area is 80.8 Å². The summed E-state index contributed by atoms with van der Waals surface area (Å²) >= 11 is 0. The van der Waals surface area contributed by atoms with Crippen molar-refractivity contribution in [3.63, 3.8) is 0 Å². The van der Waals surface area contributed by atoms with Crippen molar-refractivity contribution < 1.29 is 0 Å². The van der Waals surface area contributed by atoms with Crippen LogP contribution in [0.1, 0.15) is 25.2 Å². The van der Waals surface area contributed by atoms with E-state index in [9.17, 15) is 0 Å². The maximum atomic E-state index is 4.25. The van der Waals surface area contributed by atoms with Gasteiger partial charge >= 0.3 is 0 Å². The molecule has 0 aliphatic heterocycles. The van der Waals surface area contributed by atoms with Crippen LogP contribution in [0, 0.1) is 13.8 Å². The molecule has 13 heavy (non-hydrogen) atoms. The van der Waals surface area contributed by atoms with Gasteiger partial charge in [0.1, 0.15) is 0 Å². The summed E-state index contributed by atoms with van der Waals surface area (Å²) in [5, 5.41) is 0. The number of hydrogen-bond acceptors (Lipinski definition) is 3. The van der Waals surface area contributed by atoms with Crippen molar-refractivity contribution in [1.82, 2.24) is 9.97 Å². The van der Waals surface area contributed by atoms with Gasteiger partial charge in [-0.3, -0.25) is 0 Å². The molecule has 0 unspecified atom stereocenters. The van der Waals surface area contributed by atoms with Gasteiger partial charge in [0.2, 0.25) is 5.95 Å². The molecule has 0 aliphatic carbocycles. The highest BCUT2D eigenvalue weighted by Crippen LogP contribution is 2.05. The lowest BCUT2D eigenvalue weighted by Crippen LogP contribution is -2.13. The SMILES string of the molecule is CC.Cc1cc(C)nc(N(C)C)n1. The number of rotatable bonds is 1. The smallest absolute Gasteiger partial charge is 0.225 e. The summed E-state index contributed by atoms with van der Waals surface area (Å²) in [5.74, 6) is 0.780. The topological polar surface area (TPSA) is 29.0 Å². The predicted molar refractivity (Wildman–Crippen MR) is 57.2 cm³/mol. The Morgan fingerprint density at radius 2 is 1.38 bits per heavy atom. The van der Waals surface area contributed by atoms with Crippen LogP contribution in [-0.4, -0.2) is 24.1 Å². The van der Waals surface area contributed by atoms with E-state index in [1.165, 1.54) is 0 Å². The minimum absolute atomic E-state index is 0.780. The first-order valence-electron chi connectivity index (χ1n) is 4.59. The van der Waals surface area contributed by atoms with Crippen molar-refractivity contribution in [2.75, 3.05) is 19.0 Å². The van der Waals surface area contributed by atoms with Gasteiger partial charge in [0.25, 0.3) is 0 Å². The molecule has 0 aliphatic rings. The van der Waals surface area contributed by atoms with E-state index in [-0.39, 0.29) is 0 Å². The van der Waals surface area contributed by atoms with Crippen LogP contribution < -0.4 is 4.90 Å². The standard InChI is InChI=1S/C8H13N3.C2H6/c1-6-5-7(2)10-8(9-6)11(3)4;1-2/h5H,1-4H3;1-2H3. The third-order valence-corrected chi connectivity index (χ3v) is 1.37. The average molecular weight is 181 g/mol. The van der Waals surface area contributed by atoms with E-state index in [0.29, 0.717) is 0 Å². The van der Waals surface area contributed by atoms with Gasteiger partial charge in [0, 0.05) is 25.5 Å². The second-order valence-corrected chi connectivity index (χ2v) is 2.85. The van der Waals surface area contributed by atoms with Crippen LogP contribution in [0.5, 0.6) is 0 Å². The minimum atomic E-state index is 0.780. The van der Waals surface area contributed by atoms with Crippen LogP contribution in [0.4, 0.5) is 5.95 Å². The Balaban J connectivity index is 0.000000671. The lowest BCUT2D eigenvalue weighted by molar-refractivity contribution is 0.956. The lowest BCUT2D eigenvalue weighted by Gasteiger charge is -2.10. The summed E-state index contributed by atoms with van der Waals surface area (Å²) < 4.78 is 0. The Bertz CT molecular complexity index is 236. The molecule has 0 N–H and O–H groups in total. The monoisotopic (exact) mass is 181 g/mol. The lowest BCUT2D eigenvalue weighted by atomic mass is 10.4. The van der Waals surface area contributed by atoms with Gasteiger partial charge in [-0.05, 0) is 19.9 Å². The van der Waals surface area contributed by atoms with E-state index >= 15 is 0 Å². The number of anilines is 1. The molecule has 0 amide bonds. The Morgan fingerprint density at radius 3 is 1.69 bits per heavy atom. The molecular formula is C10H19N3. The summed E-state index contributed by atoms with van der Waals surface area (Å²) in [7, 11) is 3.88. The Morgan fingerprint density at radius 1 is 1.00 bits per heavy atom. The van der Waals surface area contributed by atoms with E-state index in [0.717, 1.165) is 17.3 Å². The first kappa shape index (κ1) is 11.9. The van der Waals surface area contributed by atoms with Crippen molar-refractivity contribution in [1.29, 1.82) is 0 Å². The van der Waals surface area contributed by atoms with Crippen molar-refractivity contribution in [3.8, 4) is 0 Å². The fraction of sp³-hybridized carbons (Fsp3) is 0.600. The molecule has 0 fully saturated rings. The molecule has 0 saturated heterocycles. The molecule has 1 aromatic rings. The van der Waals surface area contributed by atoms with Crippen LogP contribution >= 0.6 is 0 Å². The highest BCUT2D eigenvalue weighted by molar-refractivity contribution is 5.29. The third-order valence-electron chi connectivity index (χ3n) is 1.37. The molecule has 3 heteroatoms. The van der Waals surface area contributed by atoms with Crippen LogP contribution in [0.15, 0.2) is 6.07 Å². The Kier molecular flexibility index (Phi) is 5.04. The maximum absolute atomic E-state index is 4.25. The van der Waals surface area contributed by atoms with E-state index in [1.807, 2.05) is 52.8 Å². The van der Waals surface area contributed by atoms with Gasteiger partial charge in [-0.25, -0.2) is 9.97 Å². The van der Waals surface area contributed by atoms with Crippen LogP contribution in [0.3, 0.4) is 0 Å². The highest BCUT2D eigenvalue weighted by Gasteiger charge is 1.99. The first-order valence-corrected chi connectivity index (χ1v) is 4.59. The van der Waals surface area contributed by atoms with Gasteiger partial charge in [-0.2, -0.15) is 0 Å². The molecule has 0 aromatic carbocycles. The number of aromatic nitrogens is 2. The average Bonchev–Trinajstić information content (AvgIpc) is 2.06. The molecule has 0 spiro atoms. The molecule has 0 bridgehead atoms. The van der Waals surface area contributed by atoms with E-state index < -0.39 is 0 Å². The number of nitrogens with zero attached hydrogens (tertiary/aromatic N) is 3. The molecule has 1 heterocycles. The van der Waals surface area contributed by atoms with Gasteiger partial charge in [-0.15, -0.1) is 0 Å². The van der Waals surface area contributed by atoms with Crippen LogP contribution in [0.2, 0.25) is 0 Å². The van der Waals surface area contributed by atoms with Gasteiger partial charge in [0.05, 0.1) is 0 Å². The van der Waals surface area contributed by atoms with Crippen LogP contribution in [-0.2, 0) is 0 Å². The van der Waals surface area contributed by atoms with Gasteiger partial charge in [0.15, 0.2) is 0 Å². The van der Waals surface area contributed by atoms with Crippen molar-refractivity contribution in [2.24, 2.45) is 0 Å². The zero-order chi connectivity index (χ0) is 10.4. The van der Waals surface area contributed by atoms with E-state index in [2.05, 4.69) is 9.97 Å². The molecule has 1 aromatic heterocycles. The summed E-state index contributed by atoms with van der Waals surface area (Å²) in [6.07, 6.45) is 0. The summed E-state index contributed by atoms with van der Waals surface area (Å²) in [5.41, 5.74) is 2.03. The maximum Gasteiger partial charge on any atom is 0.225 e. The second kappa shape index (κ2) is 5.51. The molecule has 3 nitrogen and oxygen atoms in total.